The van der Waals surface area contributed by atoms with Crippen LogP contribution in [0.1, 0.15) is 38.8 Å². The van der Waals surface area contributed by atoms with Gasteiger partial charge in [-0.05, 0) is 79.4 Å². The summed E-state index contributed by atoms with van der Waals surface area (Å²) in [6.45, 7) is 9.66. The summed E-state index contributed by atoms with van der Waals surface area (Å²) in [7, 11) is 0. The smallest absolute Gasteiger partial charge is 0.232 e. The summed E-state index contributed by atoms with van der Waals surface area (Å²) in [6.07, 6.45) is 1.91. The third-order valence-corrected chi connectivity index (χ3v) is 9.66. The standard InChI is InChI=1S/C32H25NO2S2/c1-5-33-24-14-22(15-27-30(34)23-12-20-8-6-7-9-21(20)13-26(23)35-27)36-31(24)32-25(33)16-28(37-32)29-18(3)10-17(2)11-19(29)4/h6-16H,5H2,1-4H3/b27-15+. The molecule has 4 heterocycles. The molecule has 3 aromatic heterocycles. The molecule has 3 aromatic carbocycles. The summed E-state index contributed by atoms with van der Waals surface area (Å²) in [4.78, 5) is 15.5. The lowest BCUT2D eigenvalue weighted by Gasteiger charge is -2.09. The molecule has 0 bridgehead atoms. The molecule has 0 amide bonds. The zero-order valence-corrected chi connectivity index (χ0v) is 22.8. The number of rotatable bonds is 3. The second kappa shape index (κ2) is 8.17. The zero-order valence-electron chi connectivity index (χ0n) is 21.1. The Kier molecular flexibility index (Phi) is 4.97. The van der Waals surface area contributed by atoms with Crippen molar-refractivity contribution in [2.45, 2.75) is 34.2 Å². The van der Waals surface area contributed by atoms with Crippen molar-refractivity contribution in [2.75, 3.05) is 0 Å². The summed E-state index contributed by atoms with van der Waals surface area (Å²) in [5, 5.41) is 2.12. The second-order valence-corrected chi connectivity index (χ2v) is 12.0. The van der Waals surface area contributed by atoms with E-state index >= 15 is 0 Å². The van der Waals surface area contributed by atoms with Crippen LogP contribution in [0.4, 0.5) is 0 Å². The van der Waals surface area contributed by atoms with Crippen molar-refractivity contribution in [2.24, 2.45) is 0 Å². The Hall–Kier alpha value is -3.67. The van der Waals surface area contributed by atoms with Crippen LogP contribution in [-0.2, 0) is 6.54 Å². The predicted molar refractivity (Wildman–Crippen MR) is 157 cm³/mol. The molecule has 7 rings (SSSR count). The lowest BCUT2D eigenvalue weighted by molar-refractivity contribution is 0.101. The SMILES string of the molecule is CCn1c2cc(/C=C3/Oc4cc5ccccc5cc4C3=O)sc2c2sc(-c3c(C)cc(C)cc3C)cc21. The van der Waals surface area contributed by atoms with Gasteiger partial charge in [-0.25, -0.2) is 0 Å². The van der Waals surface area contributed by atoms with Crippen LogP contribution in [0.25, 0.3) is 47.7 Å². The highest BCUT2D eigenvalue weighted by Crippen LogP contribution is 2.45. The molecule has 0 fully saturated rings. The molecule has 37 heavy (non-hydrogen) atoms. The van der Waals surface area contributed by atoms with E-state index in [9.17, 15) is 4.79 Å². The molecule has 3 nitrogen and oxygen atoms in total. The number of aromatic nitrogens is 1. The maximum Gasteiger partial charge on any atom is 0.232 e. The number of thiophene rings is 2. The molecule has 182 valence electrons. The number of Topliss-reactive ketones (excluding diaryl/α,β-unsaturated/α-hetero) is 1. The molecule has 0 atom stereocenters. The summed E-state index contributed by atoms with van der Waals surface area (Å²) >= 11 is 3.60. The van der Waals surface area contributed by atoms with E-state index in [-0.39, 0.29) is 5.78 Å². The highest BCUT2D eigenvalue weighted by molar-refractivity contribution is 7.29. The van der Waals surface area contributed by atoms with Crippen molar-refractivity contribution >= 4 is 65.7 Å². The summed E-state index contributed by atoms with van der Waals surface area (Å²) in [5.41, 5.74) is 8.43. The Morgan fingerprint density at radius 2 is 1.54 bits per heavy atom. The number of carbonyl (C=O) groups excluding carboxylic acids is 1. The van der Waals surface area contributed by atoms with E-state index in [2.05, 4.69) is 56.5 Å². The molecule has 0 saturated carbocycles. The lowest BCUT2D eigenvalue weighted by atomic mass is 9.99. The average molecular weight is 520 g/mol. The Morgan fingerprint density at radius 1 is 0.865 bits per heavy atom. The van der Waals surface area contributed by atoms with E-state index < -0.39 is 0 Å². The number of nitrogens with zero attached hydrogens (tertiary/aromatic N) is 1. The van der Waals surface area contributed by atoms with Gasteiger partial charge < -0.3 is 9.30 Å². The minimum Gasteiger partial charge on any atom is -0.452 e. The number of hydrogen-bond acceptors (Lipinski definition) is 4. The van der Waals surface area contributed by atoms with Crippen LogP contribution in [0.2, 0.25) is 0 Å². The van der Waals surface area contributed by atoms with Gasteiger partial charge in [-0.15, -0.1) is 22.7 Å². The second-order valence-electron chi connectivity index (χ2n) is 9.84. The number of ketones is 1. The van der Waals surface area contributed by atoms with E-state index in [1.165, 1.54) is 47.6 Å². The molecule has 0 radical (unpaired) electrons. The minimum absolute atomic E-state index is 0.0499. The Balaban J connectivity index is 1.32. The van der Waals surface area contributed by atoms with Gasteiger partial charge in [0.1, 0.15) is 5.75 Å². The molecule has 1 aliphatic heterocycles. The van der Waals surface area contributed by atoms with Gasteiger partial charge in [-0.1, -0.05) is 42.0 Å². The lowest BCUT2D eigenvalue weighted by Crippen LogP contribution is -1.97. The van der Waals surface area contributed by atoms with Gasteiger partial charge in [0.2, 0.25) is 5.78 Å². The Bertz CT molecular complexity index is 1920. The molecule has 0 spiro atoms. The monoisotopic (exact) mass is 519 g/mol. The first kappa shape index (κ1) is 22.5. The first-order valence-electron chi connectivity index (χ1n) is 12.5. The summed E-state index contributed by atoms with van der Waals surface area (Å²) in [5.74, 6) is 0.987. The fourth-order valence-corrected chi connectivity index (χ4v) is 8.32. The van der Waals surface area contributed by atoms with E-state index in [1.807, 2.05) is 53.8 Å². The van der Waals surface area contributed by atoms with Gasteiger partial charge in [-0.2, -0.15) is 0 Å². The number of carbonyl (C=O) groups is 1. The molecule has 0 unspecified atom stereocenters. The molecule has 5 heteroatoms. The zero-order chi connectivity index (χ0) is 25.4. The number of hydrogen-bond donors (Lipinski definition) is 0. The van der Waals surface area contributed by atoms with Crippen molar-refractivity contribution in [1.82, 2.24) is 4.57 Å². The summed E-state index contributed by atoms with van der Waals surface area (Å²) in [6, 6.07) is 21.0. The quantitative estimate of drug-likeness (QED) is 0.218. The van der Waals surface area contributed by atoms with Crippen molar-refractivity contribution in [3.63, 3.8) is 0 Å². The van der Waals surface area contributed by atoms with Crippen molar-refractivity contribution < 1.29 is 9.53 Å². The highest BCUT2D eigenvalue weighted by atomic mass is 32.1. The number of allylic oxidation sites excluding steroid dienone is 1. The number of fused-ring (bicyclic) bond motifs is 5. The molecule has 0 aliphatic carbocycles. The van der Waals surface area contributed by atoms with Gasteiger partial charge in [0, 0.05) is 22.4 Å². The molecule has 0 N–H and O–H groups in total. The van der Waals surface area contributed by atoms with Gasteiger partial charge in [0.05, 0.1) is 26.0 Å². The van der Waals surface area contributed by atoms with Crippen LogP contribution in [0.3, 0.4) is 0 Å². The van der Waals surface area contributed by atoms with Gasteiger partial charge in [0.15, 0.2) is 5.76 Å². The van der Waals surface area contributed by atoms with E-state index in [0.717, 1.165) is 22.2 Å². The van der Waals surface area contributed by atoms with Crippen LogP contribution < -0.4 is 4.74 Å². The number of aryl methyl sites for hydroxylation is 4. The Morgan fingerprint density at radius 3 is 2.27 bits per heavy atom. The normalized spacial score (nSPS) is 14.4. The molecular weight excluding hydrogens is 494 g/mol. The topological polar surface area (TPSA) is 31.2 Å². The fourth-order valence-electron chi connectivity index (χ4n) is 5.74. The first-order chi connectivity index (χ1) is 17.9. The van der Waals surface area contributed by atoms with Gasteiger partial charge in [0.25, 0.3) is 0 Å². The largest absolute Gasteiger partial charge is 0.452 e. The van der Waals surface area contributed by atoms with E-state index in [4.69, 9.17) is 4.74 Å². The Labute approximate surface area is 223 Å². The predicted octanol–water partition coefficient (Wildman–Crippen LogP) is 9.30. The minimum atomic E-state index is -0.0499. The fraction of sp³-hybridized carbons (Fsp3) is 0.156. The molecular formula is C32H25NO2S2. The van der Waals surface area contributed by atoms with Crippen LogP contribution in [-0.4, -0.2) is 10.4 Å². The molecule has 0 saturated heterocycles. The van der Waals surface area contributed by atoms with Crippen LogP contribution in [0.15, 0.2) is 66.4 Å². The van der Waals surface area contributed by atoms with E-state index in [1.54, 1.807) is 11.3 Å². The maximum absolute atomic E-state index is 13.2. The third-order valence-electron chi connectivity index (χ3n) is 7.28. The maximum atomic E-state index is 13.2. The van der Waals surface area contributed by atoms with Crippen LogP contribution in [0, 0.1) is 20.8 Å². The molecule has 1 aliphatic rings. The first-order valence-corrected chi connectivity index (χ1v) is 14.2. The number of ether oxygens (including phenoxy) is 1. The molecule has 6 aromatic rings. The third kappa shape index (κ3) is 3.41. The average Bonchev–Trinajstić information content (AvgIpc) is 3.59. The number of benzene rings is 3. The van der Waals surface area contributed by atoms with Crippen molar-refractivity contribution in [1.29, 1.82) is 0 Å². The highest BCUT2D eigenvalue weighted by Gasteiger charge is 2.28. The summed E-state index contributed by atoms with van der Waals surface area (Å²) < 4.78 is 11.0. The van der Waals surface area contributed by atoms with Crippen LogP contribution in [0.5, 0.6) is 5.75 Å². The van der Waals surface area contributed by atoms with Crippen molar-refractivity contribution in [3.8, 4) is 16.2 Å². The van der Waals surface area contributed by atoms with E-state index in [0.29, 0.717) is 17.1 Å². The van der Waals surface area contributed by atoms with Crippen LogP contribution >= 0.6 is 22.7 Å². The van der Waals surface area contributed by atoms with Gasteiger partial charge in [-0.3, -0.25) is 4.79 Å². The van der Waals surface area contributed by atoms with Crippen molar-refractivity contribution in [3.05, 3.63) is 93.6 Å². The van der Waals surface area contributed by atoms with Gasteiger partial charge >= 0.3 is 0 Å².